The predicted molar refractivity (Wildman–Crippen MR) is 131 cm³/mol. The normalized spacial score (nSPS) is 13.2. The summed E-state index contributed by atoms with van der Waals surface area (Å²) < 4.78 is 6.11. The maximum Gasteiger partial charge on any atom is 0.264 e. The average Bonchev–Trinajstić information content (AvgIpc) is 3.53. The Hall–Kier alpha value is -3.90. The lowest BCUT2D eigenvalue weighted by Gasteiger charge is -2.25. The number of anilines is 1. The van der Waals surface area contributed by atoms with Gasteiger partial charge in [-0.25, -0.2) is 0 Å². The molecule has 0 unspecified atom stereocenters. The summed E-state index contributed by atoms with van der Waals surface area (Å²) in [5.74, 6) is 1.52. The van der Waals surface area contributed by atoms with Gasteiger partial charge in [0.1, 0.15) is 11.5 Å². The molecule has 0 fully saturated rings. The summed E-state index contributed by atoms with van der Waals surface area (Å²) in [5.41, 5.74) is 3.57. The minimum Gasteiger partial charge on any atom is -0.461 e. The summed E-state index contributed by atoms with van der Waals surface area (Å²) in [5, 5.41) is 4.82. The van der Waals surface area contributed by atoms with E-state index in [1.54, 1.807) is 6.08 Å². The largest absolute Gasteiger partial charge is 0.461 e. The van der Waals surface area contributed by atoms with E-state index in [9.17, 15) is 9.59 Å². The van der Waals surface area contributed by atoms with Crippen LogP contribution in [0.5, 0.6) is 0 Å². The Morgan fingerprint density at radius 2 is 1.88 bits per heavy atom. The fourth-order valence-electron chi connectivity index (χ4n) is 3.87. The fourth-order valence-corrected chi connectivity index (χ4v) is 4.57. The molecule has 1 aliphatic heterocycles. The van der Waals surface area contributed by atoms with Crippen LogP contribution < -0.4 is 5.32 Å². The van der Waals surface area contributed by atoms with Crippen molar-refractivity contribution in [1.82, 2.24) is 4.90 Å². The first-order valence-corrected chi connectivity index (χ1v) is 11.6. The summed E-state index contributed by atoms with van der Waals surface area (Å²) in [6.07, 6.45) is 3.99. The highest BCUT2D eigenvalue weighted by atomic mass is 32.1. The number of rotatable bonds is 5. The second-order valence-corrected chi connectivity index (χ2v) is 8.77. The second kappa shape index (κ2) is 9.30. The molecule has 164 valence electrons. The third-order valence-corrected chi connectivity index (χ3v) is 6.39. The van der Waals surface area contributed by atoms with Crippen LogP contribution in [0.2, 0.25) is 0 Å². The molecule has 0 aliphatic carbocycles. The first kappa shape index (κ1) is 21.0. The van der Waals surface area contributed by atoms with Gasteiger partial charge in [0.25, 0.3) is 5.91 Å². The number of fused-ring (bicyclic) bond motifs is 1. The van der Waals surface area contributed by atoms with E-state index in [0.717, 1.165) is 33.1 Å². The van der Waals surface area contributed by atoms with Crippen LogP contribution in [0.25, 0.3) is 17.4 Å². The van der Waals surface area contributed by atoms with E-state index < -0.39 is 0 Å². The maximum absolute atomic E-state index is 12.7. The number of amides is 2. The van der Waals surface area contributed by atoms with Crippen LogP contribution in [0.15, 0.2) is 88.7 Å². The van der Waals surface area contributed by atoms with E-state index in [0.29, 0.717) is 25.2 Å². The van der Waals surface area contributed by atoms with Gasteiger partial charge in [-0.15, -0.1) is 11.3 Å². The summed E-state index contributed by atoms with van der Waals surface area (Å²) >= 11 is 1.46. The third-order valence-electron chi connectivity index (χ3n) is 5.53. The molecule has 2 amide bonds. The lowest BCUT2D eigenvalue weighted by molar-refractivity contribution is -0.111. The number of carbonyl (C=O) groups excluding carboxylic acids is 2. The van der Waals surface area contributed by atoms with Gasteiger partial charge in [-0.3, -0.25) is 9.59 Å². The first-order valence-electron chi connectivity index (χ1n) is 10.7. The SMILES string of the molecule is O=C(/C=C/c1ccccc1)Nc1cccc(-c2cc3c(o2)CCN(C(=O)c2cccs2)C3)c1. The quantitative estimate of drug-likeness (QED) is 0.384. The second-order valence-electron chi connectivity index (χ2n) is 7.83. The minimum atomic E-state index is -0.197. The minimum absolute atomic E-state index is 0.0617. The molecule has 3 heterocycles. The summed E-state index contributed by atoms with van der Waals surface area (Å²) in [6, 6.07) is 23.0. The number of furan rings is 1. The predicted octanol–water partition coefficient (Wildman–Crippen LogP) is 5.86. The zero-order valence-corrected chi connectivity index (χ0v) is 18.7. The average molecular weight is 455 g/mol. The molecule has 6 heteroatoms. The van der Waals surface area contributed by atoms with Crippen molar-refractivity contribution >= 4 is 34.9 Å². The zero-order chi connectivity index (χ0) is 22.6. The Morgan fingerprint density at radius 3 is 2.70 bits per heavy atom. The van der Waals surface area contributed by atoms with Gasteiger partial charge in [0, 0.05) is 42.4 Å². The van der Waals surface area contributed by atoms with Gasteiger partial charge < -0.3 is 14.6 Å². The van der Waals surface area contributed by atoms with Crippen LogP contribution in [-0.4, -0.2) is 23.3 Å². The van der Waals surface area contributed by atoms with Gasteiger partial charge in [0.15, 0.2) is 0 Å². The van der Waals surface area contributed by atoms with Crippen molar-refractivity contribution in [2.75, 3.05) is 11.9 Å². The molecular formula is C27H22N2O3S. The van der Waals surface area contributed by atoms with Crippen molar-refractivity contribution in [2.24, 2.45) is 0 Å². The highest BCUT2D eigenvalue weighted by molar-refractivity contribution is 7.12. The van der Waals surface area contributed by atoms with E-state index in [2.05, 4.69) is 5.32 Å². The smallest absolute Gasteiger partial charge is 0.264 e. The number of carbonyl (C=O) groups is 2. The molecule has 2 aromatic carbocycles. The Labute approximate surface area is 196 Å². The van der Waals surface area contributed by atoms with Crippen LogP contribution in [-0.2, 0) is 17.8 Å². The molecular weight excluding hydrogens is 432 g/mol. The van der Waals surface area contributed by atoms with E-state index in [-0.39, 0.29) is 11.8 Å². The fraction of sp³-hybridized carbons (Fsp3) is 0.111. The standard InChI is InChI=1S/C27H22N2O3S/c30-26(12-11-19-6-2-1-3-7-19)28-22-9-4-8-20(16-22)24-17-21-18-29(14-13-23(21)32-24)27(31)25-10-5-15-33-25/h1-12,15-17H,13-14,18H2,(H,28,30)/b12-11+. The monoisotopic (exact) mass is 454 g/mol. The van der Waals surface area contributed by atoms with E-state index in [4.69, 9.17) is 4.42 Å². The number of benzene rings is 2. The highest BCUT2D eigenvalue weighted by Crippen LogP contribution is 2.31. The van der Waals surface area contributed by atoms with Crippen molar-refractivity contribution in [3.8, 4) is 11.3 Å². The van der Waals surface area contributed by atoms with Gasteiger partial charge in [-0.2, -0.15) is 0 Å². The molecule has 5 rings (SSSR count). The number of thiophene rings is 1. The van der Waals surface area contributed by atoms with Crippen molar-refractivity contribution in [3.05, 3.63) is 106 Å². The molecule has 0 radical (unpaired) electrons. The summed E-state index contributed by atoms with van der Waals surface area (Å²) in [6.45, 7) is 1.18. The van der Waals surface area contributed by atoms with Gasteiger partial charge in [-0.1, -0.05) is 48.5 Å². The van der Waals surface area contributed by atoms with Crippen LogP contribution in [0, 0.1) is 0 Å². The molecule has 33 heavy (non-hydrogen) atoms. The van der Waals surface area contributed by atoms with Crippen LogP contribution in [0.3, 0.4) is 0 Å². The highest BCUT2D eigenvalue weighted by Gasteiger charge is 2.25. The van der Waals surface area contributed by atoms with Gasteiger partial charge in [-0.05, 0) is 41.3 Å². The topological polar surface area (TPSA) is 62.6 Å². The molecule has 0 atom stereocenters. The van der Waals surface area contributed by atoms with E-state index >= 15 is 0 Å². The van der Waals surface area contributed by atoms with Gasteiger partial charge in [0.05, 0.1) is 4.88 Å². The summed E-state index contributed by atoms with van der Waals surface area (Å²) in [4.78, 5) is 27.7. The molecule has 1 N–H and O–H groups in total. The zero-order valence-electron chi connectivity index (χ0n) is 17.9. The Kier molecular flexibility index (Phi) is 5.91. The van der Waals surface area contributed by atoms with Crippen molar-refractivity contribution in [2.45, 2.75) is 13.0 Å². The number of nitrogens with one attached hydrogen (secondary N) is 1. The molecule has 0 bridgehead atoms. The van der Waals surface area contributed by atoms with Crippen molar-refractivity contribution < 1.29 is 14.0 Å². The van der Waals surface area contributed by atoms with Gasteiger partial charge in [0.2, 0.25) is 5.91 Å². The third kappa shape index (κ3) is 4.81. The molecule has 0 spiro atoms. The molecule has 5 nitrogen and oxygen atoms in total. The first-order chi connectivity index (χ1) is 16.2. The van der Waals surface area contributed by atoms with E-state index in [1.807, 2.05) is 83.1 Å². The molecule has 2 aromatic heterocycles. The number of nitrogens with zero attached hydrogens (tertiary/aromatic N) is 1. The Balaban J connectivity index is 1.28. The number of hydrogen-bond donors (Lipinski definition) is 1. The molecule has 1 aliphatic rings. The molecule has 4 aromatic rings. The van der Waals surface area contributed by atoms with Crippen LogP contribution in [0.1, 0.15) is 26.6 Å². The lowest BCUT2D eigenvalue weighted by atomic mass is 10.1. The van der Waals surface area contributed by atoms with Crippen LogP contribution in [0.4, 0.5) is 5.69 Å². The van der Waals surface area contributed by atoms with Gasteiger partial charge >= 0.3 is 0 Å². The Bertz CT molecular complexity index is 1310. The molecule has 0 saturated carbocycles. The summed E-state index contributed by atoms with van der Waals surface area (Å²) in [7, 11) is 0. The number of hydrogen-bond acceptors (Lipinski definition) is 4. The van der Waals surface area contributed by atoms with E-state index in [1.165, 1.54) is 17.4 Å². The Morgan fingerprint density at radius 1 is 1.00 bits per heavy atom. The van der Waals surface area contributed by atoms with Crippen molar-refractivity contribution in [3.63, 3.8) is 0 Å². The maximum atomic E-state index is 12.7. The molecule has 0 saturated heterocycles. The lowest BCUT2D eigenvalue weighted by Crippen LogP contribution is -2.35. The van der Waals surface area contributed by atoms with Crippen molar-refractivity contribution in [1.29, 1.82) is 0 Å². The van der Waals surface area contributed by atoms with Crippen LogP contribution >= 0.6 is 11.3 Å².